The molecule has 1 aliphatic carbocycles. The molecule has 0 amide bonds. The Morgan fingerprint density at radius 1 is 1.00 bits per heavy atom. The third-order valence-corrected chi connectivity index (χ3v) is 8.88. The number of nitrogens with zero attached hydrogens (tertiary/aromatic N) is 4. The lowest BCUT2D eigenvalue weighted by Gasteiger charge is -2.35. The fourth-order valence-electron chi connectivity index (χ4n) is 4.79. The maximum atomic E-state index is 13.6. The first-order valence-corrected chi connectivity index (χ1v) is 14.7. The molecule has 2 heterocycles. The fraction of sp³-hybridized carbons (Fsp3) is 0.393. The van der Waals surface area contributed by atoms with E-state index in [4.69, 9.17) is 9.47 Å². The van der Waals surface area contributed by atoms with Crippen molar-refractivity contribution in [2.24, 2.45) is 11.8 Å². The van der Waals surface area contributed by atoms with Crippen LogP contribution in [0, 0.1) is 11.8 Å². The third-order valence-electron chi connectivity index (χ3n) is 7.03. The Hall–Kier alpha value is -3.70. The van der Waals surface area contributed by atoms with E-state index in [-0.39, 0.29) is 49.0 Å². The molecule has 2 atom stereocenters. The van der Waals surface area contributed by atoms with Crippen molar-refractivity contribution in [2.75, 3.05) is 44.3 Å². The molecule has 2 aromatic carbocycles. The highest BCUT2D eigenvalue weighted by Gasteiger charge is 2.45. The summed E-state index contributed by atoms with van der Waals surface area (Å²) >= 11 is 0. The number of carbonyl (C=O) groups excluding carboxylic acids is 1. The van der Waals surface area contributed by atoms with E-state index in [2.05, 4.69) is 5.10 Å². The standard InChI is InChI=1S/C28H32N4O6S/c1-2-37-28(34)24-17-22(24)19-38-26-25(18-29-32(27(26)33)23-11-7-4-8-12-23)30-13-15-31(16-14-30)39(35,36)20-21-9-5-3-6-10-21/h3-12,18,22,24H,2,13-17,19-20H2,1H3/t22-,24+/m0/s1. The van der Waals surface area contributed by atoms with Crippen LogP contribution in [0.4, 0.5) is 5.69 Å². The van der Waals surface area contributed by atoms with Gasteiger partial charge in [0, 0.05) is 32.1 Å². The summed E-state index contributed by atoms with van der Waals surface area (Å²) < 4.78 is 40.0. The number of carbonyl (C=O) groups is 1. The largest absolute Gasteiger partial charge is 0.486 e. The van der Waals surface area contributed by atoms with E-state index in [9.17, 15) is 18.0 Å². The Kier molecular flexibility index (Phi) is 7.99. The first-order chi connectivity index (χ1) is 18.9. The molecule has 0 spiro atoms. The molecule has 0 radical (unpaired) electrons. The number of piperazine rings is 1. The zero-order valence-corrected chi connectivity index (χ0v) is 22.6. The van der Waals surface area contributed by atoms with Gasteiger partial charge in [0.2, 0.25) is 15.8 Å². The van der Waals surface area contributed by atoms with Crippen molar-refractivity contribution in [1.82, 2.24) is 14.1 Å². The predicted molar refractivity (Wildman–Crippen MR) is 146 cm³/mol. The summed E-state index contributed by atoms with van der Waals surface area (Å²) in [5.41, 5.74) is 1.45. The van der Waals surface area contributed by atoms with Crippen molar-refractivity contribution in [2.45, 2.75) is 19.1 Å². The minimum absolute atomic E-state index is 0.0189. The second kappa shape index (κ2) is 11.6. The van der Waals surface area contributed by atoms with Gasteiger partial charge in [-0.2, -0.15) is 14.1 Å². The van der Waals surface area contributed by atoms with Gasteiger partial charge in [-0.05, 0) is 31.0 Å². The van der Waals surface area contributed by atoms with Gasteiger partial charge in [0.15, 0.2) is 0 Å². The molecule has 1 aliphatic heterocycles. The molecular formula is C28H32N4O6S. The maximum Gasteiger partial charge on any atom is 0.316 e. The highest BCUT2D eigenvalue weighted by Crippen LogP contribution is 2.40. The number of esters is 1. The smallest absolute Gasteiger partial charge is 0.316 e. The second-order valence-electron chi connectivity index (χ2n) is 9.70. The summed E-state index contributed by atoms with van der Waals surface area (Å²) in [5, 5.41) is 4.39. The number of anilines is 1. The van der Waals surface area contributed by atoms with E-state index < -0.39 is 15.6 Å². The molecule has 0 N–H and O–H groups in total. The van der Waals surface area contributed by atoms with E-state index in [1.807, 2.05) is 41.3 Å². The van der Waals surface area contributed by atoms with E-state index in [1.165, 1.54) is 8.99 Å². The summed E-state index contributed by atoms with van der Waals surface area (Å²) in [5.74, 6) is -0.390. The Morgan fingerprint density at radius 2 is 1.67 bits per heavy atom. The van der Waals surface area contributed by atoms with Gasteiger partial charge in [-0.15, -0.1) is 0 Å². The minimum Gasteiger partial charge on any atom is -0.486 e. The quantitative estimate of drug-likeness (QED) is 0.353. The normalized spacial score (nSPS) is 19.5. The molecule has 0 unspecified atom stereocenters. The van der Waals surface area contributed by atoms with Crippen LogP contribution in [0.25, 0.3) is 5.69 Å². The summed E-state index contributed by atoms with van der Waals surface area (Å²) in [6, 6.07) is 18.2. The van der Waals surface area contributed by atoms with Crippen LogP contribution in [0.3, 0.4) is 0 Å². The number of hydrogen-bond donors (Lipinski definition) is 0. The number of aromatic nitrogens is 2. The molecule has 1 saturated carbocycles. The topological polar surface area (TPSA) is 111 Å². The van der Waals surface area contributed by atoms with Gasteiger partial charge in [-0.1, -0.05) is 48.5 Å². The van der Waals surface area contributed by atoms with Crippen LogP contribution in [-0.4, -0.2) is 67.9 Å². The SMILES string of the molecule is CCOC(=O)[C@@H]1C[C@H]1COc1c(N2CCN(S(=O)(=O)Cc3ccccc3)CC2)cnn(-c2ccccc2)c1=O. The zero-order chi connectivity index (χ0) is 27.4. The monoisotopic (exact) mass is 552 g/mol. The molecule has 5 rings (SSSR count). The predicted octanol–water partition coefficient (Wildman–Crippen LogP) is 2.46. The Labute approximate surface area is 227 Å². The molecule has 3 aromatic rings. The van der Waals surface area contributed by atoms with Gasteiger partial charge < -0.3 is 14.4 Å². The van der Waals surface area contributed by atoms with Crippen LogP contribution in [0.2, 0.25) is 0 Å². The van der Waals surface area contributed by atoms with E-state index in [0.29, 0.717) is 37.5 Å². The van der Waals surface area contributed by atoms with Crippen molar-refractivity contribution < 1.29 is 22.7 Å². The molecule has 2 aliphatic rings. The van der Waals surface area contributed by atoms with Crippen molar-refractivity contribution >= 4 is 21.7 Å². The minimum atomic E-state index is -3.49. The lowest BCUT2D eigenvalue weighted by Crippen LogP contribution is -2.49. The highest BCUT2D eigenvalue weighted by molar-refractivity contribution is 7.88. The second-order valence-corrected chi connectivity index (χ2v) is 11.7. The van der Waals surface area contributed by atoms with Crippen LogP contribution in [-0.2, 0) is 25.3 Å². The van der Waals surface area contributed by atoms with Gasteiger partial charge >= 0.3 is 11.5 Å². The molecule has 11 heteroatoms. The molecule has 10 nitrogen and oxygen atoms in total. The van der Waals surface area contributed by atoms with Crippen LogP contribution in [0.1, 0.15) is 18.9 Å². The van der Waals surface area contributed by atoms with Crippen LogP contribution < -0.4 is 15.2 Å². The van der Waals surface area contributed by atoms with Gasteiger partial charge in [0.25, 0.3) is 0 Å². The number of rotatable bonds is 10. The van der Waals surface area contributed by atoms with Crippen LogP contribution in [0.15, 0.2) is 71.7 Å². The lowest BCUT2D eigenvalue weighted by atomic mass is 10.2. The number of hydrogen-bond acceptors (Lipinski definition) is 8. The lowest BCUT2D eigenvalue weighted by molar-refractivity contribution is -0.145. The molecular weight excluding hydrogens is 520 g/mol. The summed E-state index contributed by atoms with van der Waals surface area (Å²) in [6.45, 7) is 3.63. The van der Waals surface area contributed by atoms with Crippen LogP contribution in [0.5, 0.6) is 5.75 Å². The van der Waals surface area contributed by atoms with Gasteiger partial charge in [-0.3, -0.25) is 9.59 Å². The number of benzene rings is 2. The maximum absolute atomic E-state index is 13.6. The summed E-state index contributed by atoms with van der Waals surface area (Å²) in [6.07, 6.45) is 2.25. The van der Waals surface area contributed by atoms with Crippen molar-refractivity contribution in [3.05, 3.63) is 82.8 Å². The fourth-order valence-corrected chi connectivity index (χ4v) is 6.30. The zero-order valence-electron chi connectivity index (χ0n) is 21.8. The van der Waals surface area contributed by atoms with Gasteiger partial charge in [-0.25, -0.2) is 8.42 Å². The van der Waals surface area contributed by atoms with Crippen molar-refractivity contribution in [3.8, 4) is 11.4 Å². The molecule has 1 saturated heterocycles. The van der Waals surface area contributed by atoms with E-state index in [0.717, 1.165) is 5.56 Å². The van der Waals surface area contributed by atoms with Crippen molar-refractivity contribution in [3.63, 3.8) is 0 Å². The average Bonchev–Trinajstić information content (AvgIpc) is 3.73. The summed E-state index contributed by atoms with van der Waals surface area (Å²) in [4.78, 5) is 27.6. The summed E-state index contributed by atoms with van der Waals surface area (Å²) in [7, 11) is -3.49. The molecule has 1 aromatic heterocycles. The van der Waals surface area contributed by atoms with Crippen molar-refractivity contribution in [1.29, 1.82) is 0 Å². The first-order valence-electron chi connectivity index (χ1n) is 13.1. The molecule has 39 heavy (non-hydrogen) atoms. The highest BCUT2D eigenvalue weighted by atomic mass is 32.2. The number of ether oxygens (including phenoxy) is 2. The van der Waals surface area contributed by atoms with E-state index >= 15 is 0 Å². The Balaban J connectivity index is 1.33. The van der Waals surface area contributed by atoms with E-state index in [1.54, 1.807) is 37.4 Å². The van der Waals surface area contributed by atoms with Gasteiger partial charge in [0.1, 0.15) is 5.69 Å². The molecule has 2 fully saturated rings. The third kappa shape index (κ3) is 6.15. The average molecular weight is 553 g/mol. The molecule has 0 bridgehead atoms. The number of para-hydroxylation sites is 1. The van der Waals surface area contributed by atoms with Crippen LogP contribution >= 0.6 is 0 Å². The molecule has 206 valence electrons. The Morgan fingerprint density at radius 3 is 2.33 bits per heavy atom. The first kappa shape index (κ1) is 26.9. The Bertz CT molecular complexity index is 1450. The van der Waals surface area contributed by atoms with Gasteiger partial charge in [0.05, 0.1) is 36.8 Å². The number of sulfonamides is 1.